The summed E-state index contributed by atoms with van der Waals surface area (Å²) < 4.78 is 2.22. The van der Waals surface area contributed by atoms with Gasteiger partial charge >= 0.3 is 7.12 Å². The summed E-state index contributed by atoms with van der Waals surface area (Å²) in [5, 5.41) is 33.9. The average Bonchev–Trinajstić information content (AvgIpc) is 0.844. The van der Waals surface area contributed by atoms with Crippen molar-refractivity contribution in [1.29, 1.82) is 0 Å². The summed E-state index contributed by atoms with van der Waals surface area (Å²) in [6.45, 7) is 13.9. The molecule has 0 fully saturated rings. The summed E-state index contributed by atoms with van der Waals surface area (Å²) >= 11 is 7.88. The first-order chi connectivity index (χ1) is 63.4. The van der Waals surface area contributed by atoms with E-state index < -0.39 is 7.12 Å². The first kappa shape index (κ1) is 80.4. The van der Waals surface area contributed by atoms with Gasteiger partial charge in [-0.3, -0.25) is 0 Å². The van der Waals surface area contributed by atoms with Crippen LogP contribution in [0.25, 0.3) is 209 Å². The van der Waals surface area contributed by atoms with Crippen molar-refractivity contribution >= 4 is 109 Å². The lowest BCUT2D eigenvalue weighted by Gasteiger charge is -2.23. The number of benzene rings is 22. The van der Waals surface area contributed by atoms with E-state index in [1.54, 1.807) is 6.07 Å². The standard InChI is InChI=1S/C70H50.C40H24Br2.C15H15BO2/c1-69(2)63-21-13-11-19-51(63)61-39-49(31-37-65(61)69)59-41-57(47-27-23-45(24-28-47)43-15-7-5-8-16-43)53-34-36-56-60(50-32-38-66-62(40-50)52-20-12-14-22-64(52)70(66,3)4)42-58(54-33-35-55(59)67(53)68(54)56)48-29-25-46(26-30-48)44-17-9-6-10-18-44;41-37-23-35(29-15-11-27(12-16-29)25-7-3-1-4-8-25)31-19-21-34-38(42)24-36(32-20-22-33(37)39(31)40(32)34)30-17-13-28(14-18-30)26-9-5-2-6-10-26;1-15(2)13-6-4-3-5-11(13)12-9-10(16(17)18)7-8-14(12)15/h5-42H,1-4H3;1-24H;3-9,17-18H,1-2H3. The molecule has 0 aliphatic heterocycles. The van der Waals surface area contributed by atoms with Crippen molar-refractivity contribution in [3.8, 4) is 145 Å². The molecule has 0 atom stereocenters. The number of halogens is 2. The van der Waals surface area contributed by atoms with Gasteiger partial charge in [-0.15, -0.1) is 0 Å². The van der Waals surface area contributed by atoms with Crippen LogP contribution in [-0.2, 0) is 16.2 Å². The SMILES string of the molecule is Brc1cc(-c2ccc(-c3ccccc3)cc2)c2ccc3c(Br)cc(-c4ccc(-c5ccccc5)cc4)c4ccc1c2c34.CC1(C)c2ccccc2-c2cc(-c3cc(-c4ccc(-c5ccccc5)cc4)c4ccc5c(-c6ccc7c(c6)-c6ccccc6C7(C)C)cc(-c6ccc(-c7ccccc7)cc6)c6ccc3c4c65)ccc21.CC1(C)c2ccccc2-c2cc(B(O)O)ccc21. The van der Waals surface area contributed by atoms with Crippen LogP contribution in [0.1, 0.15) is 74.9 Å². The van der Waals surface area contributed by atoms with Gasteiger partial charge in [-0.05, 0) is 285 Å². The van der Waals surface area contributed by atoms with Crippen LogP contribution in [0.3, 0.4) is 0 Å². The van der Waals surface area contributed by atoms with Gasteiger partial charge in [0.1, 0.15) is 0 Å². The molecule has 0 saturated heterocycles. The maximum atomic E-state index is 9.29. The highest BCUT2D eigenvalue weighted by atomic mass is 79.9. The van der Waals surface area contributed by atoms with E-state index in [2.05, 4.69) is 462 Å². The zero-order valence-electron chi connectivity index (χ0n) is 73.1. The van der Waals surface area contributed by atoms with E-state index in [0.29, 0.717) is 5.46 Å². The summed E-state index contributed by atoms with van der Waals surface area (Å²) in [7, 11) is -1.41. The van der Waals surface area contributed by atoms with Crippen molar-refractivity contribution in [2.24, 2.45) is 0 Å². The average molecular weight is 1790 g/mol. The van der Waals surface area contributed by atoms with Gasteiger partial charge < -0.3 is 10.0 Å². The molecule has 2 N–H and O–H groups in total. The fourth-order valence-electron chi connectivity index (χ4n) is 21.9. The van der Waals surface area contributed by atoms with Crippen LogP contribution >= 0.6 is 31.9 Å². The Morgan fingerprint density at radius 2 is 0.377 bits per heavy atom. The molecule has 22 aromatic rings. The van der Waals surface area contributed by atoms with Crippen LogP contribution in [0, 0.1) is 0 Å². The molecular formula is C125H89BBr2O2. The van der Waals surface area contributed by atoms with Crippen molar-refractivity contribution in [3.63, 3.8) is 0 Å². The molecule has 130 heavy (non-hydrogen) atoms. The van der Waals surface area contributed by atoms with Crippen molar-refractivity contribution in [2.45, 2.75) is 57.8 Å². The van der Waals surface area contributed by atoms with Crippen LogP contribution in [0.15, 0.2) is 428 Å². The first-order valence-electron chi connectivity index (χ1n) is 45.0. The van der Waals surface area contributed by atoms with Gasteiger partial charge in [0, 0.05) is 25.2 Å². The molecule has 0 bridgehead atoms. The summed E-state index contributed by atoms with van der Waals surface area (Å²) in [5.41, 5.74) is 40.7. The zero-order chi connectivity index (χ0) is 88.0. The monoisotopic (exact) mass is 1790 g/mol. The predicted octanol–water partition coefficient (Wildman–Crippen LogP) is 33.6. The van der Waals surface area contributed by atoms with Crippen LogP contribution in [0.2, 0.25) is 0 Å². The normalized spacial score (nSPS) is 13.3. The van der Waals surface area contributed by atoms with E-state index in [9.17, 15) is 10.0 Å². The minimum absolute atomic E-state index is 0.0230. The fraction of sp³-hybridized carbons (Fsp3) is 0.0720. The molecule has 2 nitrogen and oxygen atoms in total. The molecular weight excluding hydrogens is 1700 g/mol. The number of hydrogen-bond acceptors (Lipinski definition) is 2. The summed E-state index contributed by atoms with van der Waals surface area (Å²) in [6.07, 6.45) is 0. The van der Waals surface area contributed by atoms with Gasteiger partial charge in [-0.2, -0.15) is 0 Å². The summed E-state index contributed by atoms with van der Waals surface area (Å²) in [5.74, 6) is 0. The molecule has 25 rings (SSSR count). The highest BCUT2D eigenvalue weighted by Gasteiger charge is 2.39. The van der Waals surface area contributed by atoms with Crippen molar-refractivity contribution in [1.82, 2.24) is 0 Å². The van der Waals surface area contributed by atoms with Crippen LogP contribution in [0.4, 0.5) is 0 Å². The summed E-state index contributed by atoms with van der Waals surface area (Å²) in [6, 6.07) is 154. The van der Waals surface area contributed by atoms with Gasteiger partial charge in [0.15, 0.2) is 0 Å². The Morgan fingerprint density at radius 3 is 0.669 bits per heavy atom. The Kier molecular flexibility index (Phi) is 19.6. The van der Waals surface area contributed by atoms with E-state index >= 15 is 0 Å². The number of rotatable bonds is 11. The van der Waals surface area contributed by atoms with Gasteiger partial charge in [-0.25, -0.2) is 0 Å². The lowest BCUT2D eigenvalue weighted by molar-refractivity contribution is 0.425. The molecule has 3 aliphatic carbocycles. The Hall–Kier alpha value is -14.1. The number of fused-ring (bicyclic) bond motifs is 9. The molecule has 0 saturated carbocycles. The predicted molar refractivity (Wildman–Crippen MR) is 559 cm³/mol. The third kappa shape index (κ3) is 13.3. The fourth-order valence-corrected chi connectivity index (χ4v) is 23.0. The van der Waals surface area contributed by atoms with Crippen molar-refractivity contribution < 1.29 is 10.0 Å². The van der Waals surface area contributed by atoms with E-state index in [4.69, 9.17) is 0 Å². The lowest BCUT2D eigenvalue weighted by Crippen LogP contribution is -2.30. The Morgan fingerprint density at radius 1 is 0.169 bits per heavy atom. The molecule has 22 aromatic carbocycles. The van der Waals surface area contributed by atoms with E-state index in [0.717, 1.165) is 14.5 Å². The molecule has 0 spiro atoms. The third-order valence-electron chi connectivity index (χ3n) is 28.6. The second-order valence-corrected chi connectivity index (χ2v) is 38.6. The minimum Gasteiger partial charge on any atom is -0.423 e. The van der Waals surface area contributed by atoms with E-state index in [1.165, 1.54) is 237 Å². The zero-order valence-corrected chi connectivity index (χ0v) is 76.2. The largest absolute Gasteiger partial charge is 0.488 e. The topological polar surface area (TPSA) is 40.5 Å². The Balaban J connectivity index is 0.000000134. The molecule has 0 aromatic heterocycles. The molecule has 0 unspecified atom stereocenters. The van der Waals surface area contributed by atoms with Crippen LogP contribution in [0.5, 0.6) is 0 Å². The quantitative estimate of drug-likeness (QED) is 0.100. The third-order valence-corrected chi connectivity index (χ3v) is 29.9. The summed E-state index contributed by atoms with van der Waals surface area (Å²) in [4.78, 5) is 0. The molecule has 3 aliphatic rings. The second kappa shape index (κ2) is 31.7. The van der Waals surface area contributed by atoms with Gasteiger partial charge in [-0.1, -0.05) is 456 Å². The van der Waals surface area contributed by atoms with E-state index in [-0.39, 0.29) is 16.2 Å². The highest BCUT2D eigenvalue weighted by Crippen LogP contribution is 2.57. The molecule has 618 valence electrons. The Bertz CT molecular complexity index is 7790. The minimum atomic E-state index is -1.41. The first-order valence-corrected chi connectivity index (χ1v) is 46.6. The second-order valence-electron chi connectivity index (χ2n) is 36.9. The molecule has 0 amide bonds. The van der Waals surface area contributed by atoms with Gasteiger partial charge in [0.2, 0.25) is 0 Å². The van der Waals surface area contributed by atoms with Gasteiger partial charge in [0.05, 0.1) is 0 Å². The van der Waals surface area contributed by atoms with Crippen LogP contribution in [-0.4, -0.2) is 17.2 Å². The lowest BCUT2D eigenvalue weighted by atomic mass is 9.77. The Labute approximate surface area is 776 Å². The van der Waals surface area contributed by atoms with Crippen molar-refractivity contribution in [3.05, 3.63) is 461 Å². The maximum absolute atomic E-state index is 9.29. The van der Waals surface area contributed by atoms with Gasteiger partial charge in [0.25, 0.3) is 0 Å². The molecule has 5 heteroatoms. The van der Waals surface area contributed by atoms with E-state index in [1.807, 2.05) is 24.3 Å². The molecule has 0 heterocycles. The maximum Gasteiger partial charge on any atom is 0.488 e. The molecule has 0 radical (unpaired) electrons. The van der Waals surface area contributed by atoms with Crippen LogP contribution < -0.4 is 5.46 Å². The number of hydrogen-bond donors (Lipinski definition) is 2. The highest BCUT2D eigenvalue weighted by molar-refractivity contribution is 9.11. The smallest absolute Gasteiger partial charge is 0.423 e. The van der Waals surface area contributed by atoms with Crippen molar-refractivity contribution in [2.75, 3.05) is 0 Å².